The average Bonchev–Trinajstić information content (AvgIpc) is 3.82. The van der Waals surface area contributed by atoms with E-state index in [4.69, 9.17) is 0 Å². The molecule has 1 aliphatic carbocycles. The molecule has 53 heavy (non-hydrogen) atoms. The topological polar surface area (TPSA) is 9.86 Å². The van der Waals surface area contributed by atoms with Crippen LogP contribution in [0.15, 0.2) is 170 Å². The Kier molecular flexibility index (Phi) is 5.60. The van der Waals surface area contributed by atoms with Gasteiger partial charge in [0.1, 0.15) is 0 Å². The molecule has 0 N–H and O–H groups in total. The summed E-state index contributed by atoms with van der Waals surface area (Å²) < 4.78 is 5.10. The van der Waals surface area contributed by atoms with Crippen LogP contribution in [-0.4, -0.2) is 9.13 Å². The van der Waals surface area contributed by atoms with Gasteiger partial charge in [-0.15, -0.1) is 0 Å². The van der Waals surface area contributed by atoms with Crippen LogP contribution in [0.25, 0.3) is 98.4 Å². The van der Waals surface area contributed by atoms with Gasteiger partial charge < -0.3 is 9.13 Å². The number of rotatable bonds is 2. The first-order valence-electron chi connectivity index (χ1n) is 18.6. The zero-order chi connectivity index (χ0) is 35.0. The Balaban J connectivity index is 1.40. The van der Waals surface area contributed by atoms with E-state index in [1.54, 1.807) is 0 Å². The molecule has 2 aromatic heterocycles. The number of fused-ring (bicyclic) bond motifs is 18. The maximum Gasteiger partial charge on any atom is 0.0795 e. The maximum atomic E-state index is 2.58. The first kappa shape index (κ1) is 29.0. The van der Waals surface area contributed by atoms with Crippen molar-refractivity contribution in [2.24, 2.45) is 0 Å². The molecular weight excluding hydrogens is 641 g/mol. The zero-order valence-electron chi connectivity index (χ0n) is 29.6. The molecule has 2 nitrogen and oxygen atoms in total. The van der Waals surface area contributed by atoms with E-state index in [1.807, 2.05) is 0 Å². The van der Waals surface area contributed by atoms with Crippen molar-refractivity contribution in [3.8, 4) is 22.5 Å². The number of nitrogens with zero attached hydrogens (tertiary/aromatic N) is 2. The summed E-state index contributed by atoms with van der Waals surface area (Å²) in [5.41, 5.74) is 12.6. The molecule has 248 valence electrons. The minimum Gasteiger partial charge on any atom is -0.307 e. The van der Waals surface area contributed by atoms with Crippen LogP contribution < -0.4 is 0 Å². The molecule has 2 heteroatoms. The van der Waals surface area contributed by atoms with Gasteiger partial charge in [0.2, 0.25) is 0 Å². The molecule has 0 spiro atoms. The number of benzene rings is 9. The first-order chi connectivity index (χ1) is 26.1. The van der Waals surface area contributed by atoms with Crippen LogP contribution in [0.3, 0.4) is 0 Å². The minimum absolute atomic E-state index is 0.114. The molecular formula is C51H34N2. The molecule has 0 amide bonds. The molecule has 9 aromatic carbocycles. The van der Waals surface area contributed by atoms with Crippen LogP contribution in [0.1, 0.15) is 25.0 Å². The van der Waals surface area contributed by atoms with E-state index in [9.17, 15) is 0 Å². The quantitative estimate of drug-likeness (QED) is 0.162. The molecule has 11 aromatic rings. The smallest absolute Gasteiger partial charge is 0.0795 e. The van der Waals surface area contributed by atoms with E-state index in [0.29, 0.717) is 0 Å². The highest BCUT2D eigenvalue weighted by Crippen LogP contribution is 2.53. The molecule has 0 aliphatic heterocycles. The van der Waals surface area contributed by atoms with Gasteiger partial charge in [-0.1, -0.05) is 147 Å². The van der Waals surface area contributed by atoms with E-state index >= 15 is 0 Å². The molecule has 0 fully saturated rings. The highest BCUT2D eigenvalue weighted by molar-refractivity contribution is 6.45. The van der Waals surface area contributed by atoms with Crippen molar-refractivity contribution in [3.05, 3.63) is 181 Å². The highest BCUT2D eigenvalue weighted by Gasteiger charge is 2.36. The second-order valence-corrected chi connectivity index (χ2v) is 15.2. The third-order valence-corrected chi connectivity index (χ3v) is 12.2. The van der Waals surface area contributed by atoms with Crippen LogP contribution in [-0.2, 0) is 5.41 Å². The van der Waals surface area contributed by atoms with E-state index < -0.39 is 0 Å². The summed E-state index contributed by atoms with van der Waals surface area (Å²) in [6.45, 7) is 4.76. The Bertz CT molecular complexity index is 3360. The summed E-state index contributed by atoms with van der Waals surface area (Å²) in [4.78, 5) is 0. The molecule has 0 atom stereocenters. The van der Waals surface area contributed by atoms with Crippen molar-refractivity contribution in [3.63, 3.8) is 0 Å². The lowest BCUT2D eigenvalue weighted by Gasteiger charge is -2.22. The van der Waals surface area contributed by atoms with Gasteiger partial charge in [0, 0.05) is 49.1 Å². The van der Waals surface area contributed by atoms with E-state index in [0.717, 1.165) is 5.69 Å². The van der Waals surface area contributed by atoms with E-state index in [2.05, 4.69) is 193 Å². The summed E-state index contributed by atoms with van der Waals surface area (Å²) in [5.74, 6) is 0. The monoisotopic (exact) mass is 674 g/mol. The normalized spacial score (nSPS) is 13.6. The second-order valence-electron chi connectivity index (χ2n) is 15.2. The molecule has 0 saturated heterocycles. The molecule has 1 aliphatic rings. The average molecular weight is 675 g/mol. The Morgan fingerprint density at radius 1 is 0.340 bits per heavy atom. The molecule has 0 radical (unpaired) electrons. The van der Waals surface area contributed by atoms with Gasteiger partial charge in [0.05, 0.1) is 22.1 Å². The van der Waals surface area contributed by atoms with E-state index in [-0.39, 0.29) is 5.41 Å². The van der Waals surface area contributed by atoms with Crippen LogP contribution in [0, 0.1) is 0 Å². The van der Waals surface area contributed by atoms with Crippen molar-refractivity contribution in [2.45, 2.75) is 19.3 Å². The van der Waals surface area contributed by atoms with Crippen molar-refractivity contribution in [1.82, 2.24) is 9.13 Å². The Morgan fingerprint density at radius 2 is 0.792 bits per heavy atom. The standard InChI is InChI=1S/C51H34N2/c1-51(2)41-25-13-10-20-35(41)36-29-28-32(30-42(36)51)53-44-27-15-12-24-40(44)48-46-38-22-9-7-19-34(38)33-18-6-8-21-37(33)45(46)47-39-23-11-14-26-43(39)52(49(47)50(48)53)31-16-4-3-5-17-31/h3-30H,1-2H3. The fourth-order valence-electron chi connectivity index (χ4n) is 10.0. The summed E-state index contributed by atoms with van der Waals surface area (Å²) >= 11 is 0. The minimum atomic E-state index is -0.114. The summed E-state index contributed by atoms with van der Waals surface area (Å²) in [6, 6.07) is 63.2. The number of hydrogen-bond donors (Lipinski definition) is 0. The maximum absolute atomic E-state index is 2.58. The fourth-order valence-corrected chi connectivity index (χ4v) is 10.0. The molecule has 0 saturated carbocycles. The van der Waals surface area contributed by atoms with Crippen LogP contribution in [0.4, 0.5) is 0 Å². The number of aromatic nitrogens is 2. The number of para-hydroxylation sites is 3. The lowest BCUT2D eigenvalue weighted by Crippen LogP contribution is -2.15. The summed E-state index contributed by atoms with van der Waals surface area (Å²) in [6.07, 6.45) is 0. The third-order valence-electron chi connectivity index (χ3n) is 12.2. The van der Waals surface area contributed by atoms with Crippen molar-refractivity contribution in [1.29, 1.82) is 0 Å². The molecule has 2 heterocycles. The third kappa shape index (κ3) is 3.63. The van der Waals surface area contributed by atoms with Gasteiger partial charge >= 0.3 is 0 Å². The van der Waals surface area contributed by atoms with Gasteiger partial charge in [-0.25, -0.2) is 0 Å². The molecule has 12 rings (SSSR count). The van der Waals surface area contributed by atoms with Crippen LogP contribution in [0.2, 0.25) is 0 Å². The number of hydrogen-bond acceptors (Lipinski definition) is 0. The summed E-state index contributed by atoms with van der Waals surface area (Å²) in [5, 5.41) is 12.9. The van der Waals surface area contributed by atoms with Crippen molar-refractivity contribution >= 4 is 75.9 Å². The van der Waals surface area contributed by atoms with Crippen LogP contribution in [0.5, 0.6) is 0 Å². The lowest BCUT2D eigenvalue weighted by molar-refractivity contribution is 0.660. The van der Waals surface area contributed by atoms with Crippen LogP contribution >= 0.6 is 0 Å². The SMILES string of the molecule is CC1(C)c2ccccc2-c2ccc(-n3c4ccccc4c4c5c6ccccc6c6ccccc6c5c5c6ccccc6n(-c6ccccc6)c5c43)cc21. The predicted octanol–water partition coefficient (Wildman–Crippen LogP) is 13.6. The molecule has 0 unspecified atom stereocenters. The first-order valence-corrected chi connectivity index (χ1v) is 18.6. The van der Waals surface area contributed by atoms with Gasteiger partial charge in [-0.2, -0.15) is 0 Å². The van der Waals surface area contributed by atoms with Crippen molar-refractivity contribution < 1.29 is 0 Å². The van der Waals surface area contributed by atoms with Gasteiger partial charge in [-0.3, -0.25) is 0 Å². The summed E-state index contributed by atoms with van der Waals surface area (Å²) in [7, 11) is 0. The lowest BCUT2D eigenvalue weighted by atomic mass is 9.82. The fraction of sp³-hybridized carbons (Fsp3) is 0.0588. The molecule has 0 bridgehead atoms. The Labute approximate surface area is 306 Å². The van der Waals surface area contributed by atoms with Gasteiger partial charge in [-0.05, 0) is 80.2 Å². The Hall–Kier alpha value is -6.64. The second kappa shape index (κ2) is 10.2. The van der Waals surface area contributed by atoms with Gasteiger partial charge in [0.25, 0.3) is 0 Å². The van der Waals surface area contributed by atoms with E-state index in [1.165, 1.54) is 104 Å². The Morgan fingerprint density at radius 3 is 1.40 bits per heavy atom. The highest BCUT2D eigenvalue weighted by atomic mass is 15.0. The predicted molar refractivity (Wildman–Crippen MR) is 225 cm³/mol. The zero-order valence-corrected chi connectivity index (χ0v) is 29.6. The van der Waals surface area contributed by atoms with Gasteiger partial charge in [0.15, 0.2) is 0 Å². The van der Waals surface area contributed by atoms with Crippen molar-refractivity contribution in [2.75, 3.05) is 0 Å². The largest absolute Gasteiger partial charge is 0.307 e.